The number of urea groups is 1. The van der Waals surface area contributed by atoms with Crippen molar-refractivity contribution in [3.8, 4) is 23.3 Å². The van der Waals surface area contributed by atoms with Crippen LogP contribution in [0.2, 0.25) is 10.0 Å². The van der Waals surface area contributed by atoms with E-state index in [0.29, 0.717) is 29.5 Å². The van der Waals surface area contributed by atoms with Crippen LogP contribution in [0.25, 0.3) is 21.9 Å². The van der Waals surface area contributed by atoms with Crippen LogP contribution in [-0.4, -0.2) is 81.8 Å². The van der Waals surface area contributed by atoms with Gasteiger partial charge in [-0.3, -0.25) is 22.8 Å². The molecule has 37 heteroatoms. The number of hydrogen-bond acceptors (Lipinski definition) is 21. The lowest BCUT2D eigenvalue weighted by Crippen LogP contribution is -2.25. The predicted octanol–water partition coefficient (Wildman–Crippen LogP) is 8.68. The van der Waals surface area contributed by atoms with E-state index in [2.05, 4.69) is 46.4 Å². The molecule has 0 aliphatic carbocycles. The zero-order chi connectivity index (χ0) is 58.3. The lowest BCUT2D eigenvalue weighted by molar-refractivity contribution is 0.259. The van der Waals surface area contributed by atoms with Crippen molar-refractivity contribution < 1.29 is 69.6 Å². The van der Waals surface area contributed by atoms with E-state index in [-0.39, 0.29) is 77.2 Å². The number of carbonyl (C=O) groups is 1. The number of halogens is 2. The van der Waals surface area contributed by atoms with Crippen LogP contribution < -0.4 is 27.4 Å². The summed E-state index contributed by atoms with van der Waals surface area (Å²) < 4.78 is 173. The minimum atomic E-state index is -5.45. The molecule has 0 saturated heterocycles. The first-order chi connectivity index (χ1) is 36.7. The molecule has 7 rings (SSSR count). The highest BCUT2D eigenvalue weighted by molar-refractivity contribution is 7.87. The number of fused-ring (bicyclic) bond motifs is 1. The second kappa shape index (κ2) is 21.9. The fraction of sp³-hybridized carbons (Fsp3) is 0.0238. The Labute approximate surface area is 459 Å². The fourth-order valence-corrected chi connectivity index (χ4v) is 12.0. The Morgan fingerprint density at radius 3 is 1.59 bits per heavy atom. The average Bonchev–Trinajstić information content (AvgIpc) is 3.87. The molecule has 2 heterocycles. The lowest BCUT2D eigenvalue weighted by Gasteiger charge is -2.16. The summed E-state index contributed by atoms with van der Waals surface area (Å²) in [7, 11) is -26.0. The zero-order valence-corrected chi connectivity index (χ0v) is 45.2. The number of nitriles is 2. The molecule has 0 fully saturated rings. The highest BCUT2D eigenvalue weighted by Gasteiger charge is 2.28. The van der Waals surface area contributed by atoms with Crippen LogP contribution >= 0.6 is 34.5 Å². The standard InChI is InChI=1S/C42H29Cl2N13O16S6/c1-18-27(16-45)37(49-21-6-8-29(43)33(11-21)78(68,69)70)52-38(50-22-7-9-30(44)34(12-22)79(71,72)73)36(18)55-56-39-28(17-46)35(19-2-4-20(5-3-19)51-42(58)53-41(47)48)40(74-39)57-54-23-10-25-26(31(13-23)76(62,63)64)14-24(75(59,60)61)15-32(25)77(65,66)67/h2-15H,1H3,(H2,49,50,52)(H,59,60,61)(H,62,63,64)(H,65,66,67)(H,68,69,70)(H,71,72,73)(H5,47,48,51,53,58). The number of aromatic nitrogens is 1. The van der Waals surface area contributed by atoms with Crippen LogP contribution in [0.5, 0.6) is 0 Å². The number of aliphatic imine (C=N–C) groups is 1. The first kappa shape index (κ1) is 58.5. The van der Waals surface area contributed by atoms with Gasteiger partial charge >= 0.3 is 6.03 Å². The number of hydrogen-bond donors (Lipinski definition) is 10. The molecular formula is C42H29Cl2N13O16S6. The van der Waals surface area contributed by atoms with E-state index >= 15 is 0 Å². The number of azo groups is 2. The van der Waals surface area contributed by atoms with Crippen molar-refractivity contribution in [2.45, 2.75) is 31.4 Å². The van der Waals surface area contributed by atoms with Crippen LogP contribution in [0, 0.1) is 29.6 Å². The van der Waals surface area contributed by atoms with Gasteiger partial charge in [-0.05, 0) is 85.3 Å². The highest BCUT2D eigenvalue weighted by Crippen LogP contribution is 2.49. The number of nitrogens with two attached hydrogens (primary N) is 2. The molecule has 408 valence electrons. The van der Waals surface area contributed by atoms with Crippen molar-refractivity contribution >= 4 is 158 Å². The molecule has 0 aliphatic heterocycles. The van der Waals surface area contributed by atoms with Crippen LogP contribution in [-0.2, 0) is 50.6 Å². The molecule has 0 atom stereocenters. The molecule has 29 nitrogen and oxygen atoms in total. The van der Waals surface area contributed by atoms with Crippen molar-refractivity contribution in [3.63, 3.8) is 0 Å². The Morgan fingerprint density at radius 2 is 1.09 bits per heavy atom. The van der Waals surface area contributed by atoms with Crippen LogP contribution in [0.1, 0.15) is 16.7 Å². The lowest BCUT2D eigenvalue weighted by atomic mass is 10.0. The third-order valence-electron chi connectivity index (χ3n) is 10.4. The molecule has 0 spiro atoms. The van der Waals surface area contributed by atoms with Crippen LogP contribution in [0.4, 0.5) is 54.9 Å². The predicted molar refractivity (Wildman–Crippen MR) is 284 cm³/mol. The van der Waals surface area contributed by atoms with Gasteiger partial charge in [-0.1, -0.05) is 46.7 Å². The third-order valence-corrected chi connectivity index (χ3v) is 16.7. The zero-order valence-electron chi connectivity index (χ0n) is 38.7. The van der Waals surface area contributed by atoms with Crippen molar-refractivity contribution in [2.24, 2.45) is 36.9 Å². The number of amides is 2. The number of pyridine rings is 1. The van der Waals surface area contributed by atoms with E-state index in [9.17, 15) is 80.2 Å². The number of rotatable bonds is 15. The third kappa shape index (κ3) is 13.2. The van der Waals surface area contributed by atoms with Crippen molar-refractivity contribution in [1.29, 1.82) is 10.5 Å². The van der Waals surface area contributed by atoms with E-state index in [4.69, 9.17) is 34.7 Å². The summed E-state index contributed by atoms with van der Waals surface area (Å²) in [5.74, 6) is -1.21. The monoisotopic (exact) mass is 1230 g/mol. The van der Waals surface area contributed by atoms with Gasteiger partial charge in [-0.2, -0.15) is 57.6 Å². The SMILES string of the molecule is Cc1c(C#N)c(Nc2ccc(Cl)c(S(=O)(=O)O)c2)nc(Nc2ccc(Cl)c(S(=O)(=O)O)c2)c1N=Nc1sc(N=Nc2cc(S(=O)(=O)O)c3cc(S(=O)(=O)O)cc(S(=O)(=O)O)c3c2)c(-c2ccc(NC(=O)N=C(N)N)cc2)c1C#N. The van der Waals surface area contributed by atoms with Crippen molar-refractivity contribution in [2.75, 3.05) is 16.0 Å². The molecule has 0 saturated carbocycles. The molecule has 12 N–H and O–H groups in total. The van der Waals surface area contributed by atoms with E-state index in [0.717, 1.165) is 30.3 Å². The summed E-state index contributed by atoms with van der Waals surface area (Å²) in [5.41, 5.74) is 8.96. The molecule has 7 aromatic rings. The Bertz CT molecular complexity index is 4550. The molecule has 0 bridgehead atoms. The quantitative estimate of drug-likeness (QED) is 0.0198. The fourth-order valence-electron chi connectivity index (χ4n) is 7.06. The molecule has 0 aliphatic rings. The summed E-state index contributed by atoms with van der Waals surface area (Å²) >= 11 is 12.6. The highest BCUT2D eigenvalue weighted by atomic mass is 35.5. The first-order valence-corrected chi connectivity index (χ1v) is 29.4. The minimum Gasteiger partial charge on any atom is -0.370 e. The molecule has 2 amide bonds. The molecule has 2 aromatic heterocycles. The Balaban J connectivity index is 1.46. The van der Waals surface area contributed by atoms with Gasteiger partial charge in [0.25, 0.3) is 50.6 Å². The Morgan fingerprint density at radius 1 is 0.595 bits per heavy atom. The number of guanidine groups is 1. The smallest absolute Gasteiger partial charge is 0.348 e. The van der Waals surface area contributed by atoms with Gasteiger partial charge in [-0.15, -0.1) is 20.5 Å². The van der Waals surface area contributed by atoms with Crippen LogP contribution in [0.3, 0.4) is 0 Å². The maximum absolute atomic E-state index is 12.7. The minimum absolute atomic E-state index is 0.0494. The number of carbonyl (C=O) groups excluding carboxylic acids is 1. The number of thiophene rings is 1. The summed E-state index contributed by atoms with van der Waals surface area (Å²) in [5, 5.41) is 43.1. The van der Waals surface area contributed by atoms with E-state index in [1.807, 2.05) is 12.1 Å². The van der Waals surface area contributed by atoms with Crippen molar-refractivity contribution in [3.05, 3.63) is 112 Å². The summed E-state index contributed by atoms with van der Waals surface area (Å²) in [6.07, 6.45) is 0. The topological polar surface area (TPSA) is 499 Å². The largest absolute Gasteiger partial charge is 0.370 e. The van der Waals surface area contributed by atoms with Crippen LogP contribution in [0.15, 0.2) is 135 Å². The molecule has 0 radical (unpaired) electrons. The second-order valence-electron chi connectivity index (χ2n) is 15.7. The van der Waals surface area contributed by atoms with Gasteiger partial charge in [0, 0.05) is 39.0 Å². The van der Waals surface area contributed by atoms with Gasteiger partial charge in [0.1, 0.15) is 48.0 Å². The molecular weight excluding hydrogens is 1210 g/mol. The van der Waals surface area contributed by atoms with E-state index < -0.39 is 109 Å². The first-order valence-electron chi connectivity index (χ1n) is 20.7. The molecule has 0 unspecified atom stereocenters. The Hall–Kier alpha value is -8.14. The van der Waals surface area contributed by atoms with E-state index in [1.54, 1.807) is 0 Å². The van der Waals surface area contributed by atoms with Crippen molar-refractivity contribution in [1.82, 2.24) is 4.98 Å². The van der Waals surface area contributed by atoms with Gasteiger partial charge < -0.3 is 27.4 Å². The van der Waals surface area contributed by atoms with Gasteiger partial charge in [0.05, 0.1) is 26.2 Å². The number of nitrogens with zero attached hydrogens (tertiary/aromatic N) is 8. The number of nitrogens with one attached hydrogen (secondary N) is 3. The second-order valence-corrected chi connectivity index (χ2v) is 24.4. The molecule has 79 heavy (non-hydrogen) atoms. The molecule has 5 aromatic carbocycles. The number of anilines is 5. The van der Waals surface area contributed by atoms with Gasteiger partial charge in [0.15, 0.2) is 22.6 Å². The maximum Gasteiger partial charge on any atom is 0.348 e. The van der Waals surface area contributed by atoms with Gasteiger partial charge in [-0.25, -0.2) is 9.78 Å². The summed E-state index contributed by atoms with van der Waals surface area (Å²) in [6.45, 7) is 1.35. The normalized spacial score (nSPS) is 12.3. The van der Waals surface area contributed by atoms with E-state index in [1.165, 1.54) is 43.3 Å². The maximum atomic E-state index is 12.7. The van der Waals surface area contributed by atoms with Gasteiger partial charge in [0.2, 0.25) is 0 Å². The Kier molecular flexibility index (Phi) is 16.3. The summed E-state index contributed by atoms with van der Waals surface area (Å²) in [4.78, 5) is 15.0. The number of benzene rings is 5. The average molecular weight is 1240 g/mol. The summed E-state index contributed by atoms with van der Waals surface area (Å²) in [6, 6.07) is 17.1.